The first-order chi connectivity index (χ1) is 8.24. The maximum Gasteiger partial charge on any atom is 0.247 e. The molecule has 6 heteroatoms. The molecule has 1 fully saturated rings. The molecule has 3 heterocycles. The standard InChI is InChI=1S/C11H11N5O/c1-6-4-14-9(11(17)15-6)8-5-13-7-2-3-12-10(7)16-8/h3,5,9,14H,1-2,4H2,(H,15,17). The van der Waals surface area contributed by atoms with E-state index in [0.717, 1.165) is 5.69 Å². The summed E-state index contributed by atoms with van der Waals surface area (Å²) in [5.41, 5.74) is 2.11. The summed E-state index contributed by atoms with van der Waals surface area (Å²) in [7, 11) is 0. The predicted octanol–water partition coefficient (Wildman–Crippen LogP) is 0.00920. The van der Waals surface area contributed by atoms with Gasteiger partial charge in [-0.25, -0.2) is 9.98 Å². The number of piperazine rings is 1. The number of fused-ring (bicyclic) bond motifs is 1. The van der Waals surface area contributed by atoms with Crippen molar-refractivity contribution in [3.63, 3.8) is 0 Å². The number of carbonyl (C=O) groups excluding carboxylic acids is 1. The van der Waals surface area contributed by atoms with Crippen molar-refractivity contribution in [1.82, 2.24) is 20.6 Å². The number of nitrogens with one attached hydrogen (secondary N) is 2. The summed E-state index contributed by atoms with van der Waals surface area (Å²) in [6.07, 6.45) is 4.10. The van der Waals surface area contributed by atoms with Crippen LogP contribution >= 0.6 is 0 Å². The smallest absolute Gasteiger partial charge is 0.247 e. The van der Waals surface area contributed by atoms with Crippen LogP contribution < -0.4 is 10.6 Å². The molecule has 6 nitrogen and oxygen atoms in total. The Morgan fingerprint density at radius 3 is 3.18 bits per heavy atom. The minimum Gasteiger partial charge on any atom is -0.327 e. The first kappa shape index (κ1) is 10.1. The van der Waals surface area contributed by atoms with Crippen LogP contribution in [0, 0.1) is 0 Å². The average Bonchev–Trinajstić information content (AvgIpc) is 2.75. The lowest BCUT2D eigenvalue weighted by Gasteiger charge is -2.24. The molecule has 1 unspecified atom stereocenters. The van der Waals surface area contributed by atoms with Gasteiger partial charge in [0.05, 0.1) is 17.6 Å². The fourth-order valence-corrected chi connectivity index (χ4v) is 1.87. The van der Waals surface area contributed by atoms with Crippen molar-refractivity contribution in [2.75, 3.05) is 6.54 Å². The van der Waals surface area contributed by atoms with Gasteiger partial charge in [0.2, 0.25) is 5.91 Å². The van der Waals surface area contributed by atoms with Crippen LogP contribution in [0.25, 0.3) is 0 Å². The fourth-order valence-electron chi connectivity index (χ4n) is 1.87. The van der Waals surface area contributed by atoms with Crippen molar-refractivity contribution in [2.45, 2.75) is 12.5 Å². The Morgan fingerprint density at radius 1 is 1.47 bits per heavy atom. The highest BCUT2D eigenvalue weighted by Gasteiger charge is 2.27. The maximum absolute atomic E-state index is 11.8. The predicted molar refractivity (Wildman–Crippen MR) is 61.9 cm³/mol. The van der Waals surface area contributed by atoms with Crippen LogP contribution in [0.15, 0.2) is 23.5 Å². The molecule has 3 rings (SSSR count). The van der Waals surface area contributed by atoms with E-state index in [0.29, 0.717) is 30.2 Å². The number of hydrogen-bond acceptors (Lipinski definition) is 5. The van der Waals surface area contributed by atoms with Gasteiger partial charge in [-0.15, -0.1) is 0 Å². The van der Waals surface area contributed by atoms with E-state index in [1.54, 1.807) is 12.4 Å². The summed E-state index contributed by atoms with van der Waals surface area (Å²) in [6, 6.07) is -0.478. The molecule has 86 valence electrons. The number of hydrogen-bond donors (Lipinski definition) is 2. The number of amides is 1. The largest absolute Gasteiger partial charge is 0.327 e. The summed E-state index contributed by atoms with van der Waals surface area (Å²) >= 11 is 0. The van der Waals surface area contributed by atoms with Crippen LogP contribution in [0.3, 0.4) is 0 Å². The third-order valence-corrected chi connectivity index (χ3v) is 2.72. The molecule has 0 spiro atoms. The van der Waals surface area contributed by atoms with Crippen LogP contribution in [-0.4, -0.2) is 28.6 Å². The highest BCUT2D eigenvalue weighted by molar-refractivity contribution is 5.85. The molecular weight excluding hydrogens is 218 g/mol. The van der Waals surface area contributed by atoms with Gasteiger partial charge in [0.1, 0.15) is 6.04 Å². The minimum absolute atomic E-state index is 0.155. The van der Waals surface area contributed by atoms with Crippen molar-refractivity contribution in [2.24, 2.45) is 4.99 Å². The SMILES string of the molecule is C=C1CNC(c2cnc3c(n2)N=CC3)C(=O)N1. The molecule has 17 heavy (non-hydrogen) atoms. The molecule has 0 radical (unpaired) electrons. The van der Waals surface area contributed by atoms with Crippen LogP contribution in [0.4, 0.5) is 5.82 Å². The highest BCUT2D eigenvalue weighted by Crippen LogP contribution is 2.22. The zero-order chi connectivity index (χ0) is 11.8. The van der Waals surface area contributed by atoms with Crippen molar-refractivity contribution in [3.8, 4) is 0 Å². The third-order valence-electron chi connectivity index (χ3n) is 2.72. The van der Waals surface area contributed by atoms with Gasteiger partial charge in [0.15, 0.2) is 5.82 Å². The summed E-state index contributed by atoms with van der Waals surface area (Å²) in [5, 5.41) is 5.75. The molecule has 2 N–H and O–H groups in total. The highest BCUT2D eigenvalue weighted by atomic mass is 16.2. The van der Waals surface area contributed by atoms with E-state index in [4.69, 9.17) is 0 Å². The van der Waals surface area contributed by atoms with Crippen molar-refractivity contribution >= 4 is 17.9 Å². The molecule has 1 atom stereocenters. The molecule has 0 aliphatic carbocycles. The maximum atomic E-state index is 11.8. The van der Waals surface area contributed by atoms with Gasteiger partial charge >= 0.3 is 0 Å². The molecule has 1 saturated heterocycles. The number of aliphatic imine (C=N–C) groups is 1. The molecule has 1 aromatic rings. The van der Waals surface area contributed by atoms with Crippen molar-refractivity contribution in [3.05, 3.63) is 29.9 Å². The van der Waals surface area contributed by atoms with Gasteiger partial charge in [-0.05, 0) is 0 Å². The van der Waals surface area contributed by atoms with Gasteiger partial charge in [-0.1, -0.05) is 6.58 Å². The zero-order valence-corrected chi connectivity index (χ0v) is 9.10. The Hall–Kier alpha value is -2.08. The van der Waals surface area contributed by atoms with E-state index < -0.39 is 6.04 Å². The number of rotatable bonds is 1. The lowest BCUT2D eigenvalue weighted by atomic mass is 10.1. The molecule has 1 amide bonds. The van der Waals surface area contributed by atoms with E-state index >= 15 is 0 Å². The summed E-state index contributed by atoms with van der Waals surface area (Å²) in [5.74, 6) is 0.457. The molecular formula is C11H11N5O. The quantitative estimate of drug-likeness (QED) is 0.711. The monoisotopic (exact) mass is 229 g/mol. The molecule has 0 saturated carbocycles. The van der Waals surface area contributed by atoms with Gasteiger partial charge in [0, 0.05) is 24.9 Å². The summed E-state index contributed by atoms with van der Waals surface area (Å²) in [4.78, 5) is 24.5. The second-order valence-electron chi connectivity index (χ2n) is 3.99. The molecule has 2 aliphatic rings. The van der Waals surface area contributed by atoms with E-state index in [2.05, 4.69) is 32.2 Å². The number of aromatic nitrogens is 2. The van der Waals surface area contributed by atoms with E-state index in [1.807, 2.05) is 0 Å². The number of nitrogens with zero attached hydrogens (tertiary/aromatic N) is 3. The van der Waals surface area contributed by atoms with Crippen LogP contribution in [0.1, 0.15) is 17.4 Å². The van der Waals surface area contributed by atoms with Crippen LogP contribution in [-0.2, 0) is 11.2 Å². The second-order valence-corrected chi connectivity index (χ2v) is 3.99. The Kier molecular flexibility index (Phi) is 2.22. The molecule has 0 bridgehead atoms. The molecule has 0 aromatic carbocycles. The van der Waals surface area contributed by atoms with Gasteiger partial charge < -0.3 is 5.32 Å². The van der Waals surface area contributed by atoms with Crippen LogP contribution in [0.2, 0.25) is 0 Å². The van der Waals surface area contributed by atoms with E-state index in [9.17, 15) is 4.79 Å². The van der Waals surface area contributed by atoms with Gasteiger partial charge in [-0.3, -0.25) is 15.1 Å². The van der Waals surface area contributed by atoms with Crippen LogP contribution in [0.5, 0.6) is 0 Å². The molecule has 2 aliphatic heterocycles. The van der Waals surface area contributed by atoms with Gasteiger partial charge in [-0.2, -0.15) is 0 Å². The normalized spacial score (nSPS) is 22.5. The minimum atomic E-state index is -0.478. The zero-order valence-electron chi connectivity index (χ0n) is 9.10. The Labute approximate surface area is 97.9 Å². The fraction of sp³-hybridized carbons (Fsp3) is 0.273. The Bertz CT molecular complexity index is 537. The summed E-state index contributed by atoms with van der Waals surface area (Å²) < 4.78 is 0. The van der Waals surface area contributed by atoms with Crippen molar-refractivity contribution < 1.29 is 4.79 Å². The molecule has 1 aromatic heterocycles. The van der Waals surface area contributed by atoms with Gasteiger partial charge in [0.25, 0.3) is 0 Å². The lowest BCUT2D eigenvalue weighted by molar-refractivity contribution is -0.123. The first-order valence-corrected chi connectivity index (χ1v) is 5.34. The van der Waals surface area contributed by atoms with E-state index in [1.165, 1.54) is 0 Å². The topological polar surface area (TPSA) is 79.3 Å². The third kappa shape index (κ3) is 1.72. The Morgan fingerprint density at radius 2 is 2.35 bits per heavy atom. The summed E-state index contributed by atoms with van der Waals surface area (Å²) in [6.45, 7) is 4.24. The first-order valence-electron chi connectivity index (χ1n) is 5.34. The number of carbonyl (C=O) groups is 1. The average molecular weight is 229 g/mol. The Balaban J connectivity index is 1.91. The lowest BCUT2D eigenvalue weighted by Crippen LogP contribution is -2.45. The second kappa shape index (κ2) is 3.74. The van der Waals surface area contributed by atoms with E-state index in [-0.39, 0.29) is 5.91 Å². The van der Waals surface area contributed by atoms with Crippen molar-refractivity contribution in [1.29, 1.82) is 0 Å².